The molecule has 3 heterocycles. The summed E-state index contributed by atoms with van der Waals surface area (Å²) in [6.45, 7) is 1.73. The summed E-state index contributed by atoms with van der Waals surface area (Å²) >= 11 is 0. The van der Waals surface area contributed by atoms with E-state index in [1.54, 1.807) is 35.7 Å². The third kappa shape index (κ3) is 2.36. The van der Waals surface area contributed by atoms with Gasteiger partial charge in [0.1, 0.15) is 11.3 Å². The van der Waals surface area contributed by atoms with Gasteiger partial charge < -0.3 is 4.42 Å². The molecule has 0 atom stereocenters. The van der Waals surface area contributed by atoms with Gasteiger partial charge in [-0.2, -0.15) is 0 Å². The third-order valence-corrected chi connectivity index (χ3v) is 2.95. The number of aromatic nitrogens is 2. The van der Waals surface area contributed by atoms with Crippen molar-refractivity contribution in [1.82, 2.24) is 20.2 Å². The monoisotopic (exact) mass is 284 g/mol. The third-order valence-electron chi connectivity index (χ3n) is 2.95. The normalized spacial score (nSPS) is 10.5. The number of nitrogens with zero attached hydrogens (tertiary/aromatic N) is 2. The van der Waals surface area contributed by atoms with Crippen molar-refractivity contribution in [2.75, 3.05) is 0 Å². The van der Waals surface area contributed by atoms with Crippen LogP contribution in [0.25, 0.3) is 5.65 Å². The molecule has 7 nitrogen and oxygen atoms in total. The van der Waals surface area contributed by atoms with E-state index in [0.717, 1.165) is 0 Å². The SMILES string of the molecule is Cc1nc2ccccn2c1C(=O)NNC(=O)c1ccco1. The van der Waals surface area contributed by atoms with Gasteiger partial charge >= 0.3 is 5.91 Å². The Morgan fingerprint density at radius 3 is 2.71 bits per heavy atom. The summed E-state index contributed by atoms with van der Waals surface area (Å²) < 4.78 is 6.59. The molecule has 0 saturated carbocycles. The van der Waals surface area contributed by atoms with E-state index in [1.807, 2.05) is 6.07 Å². The summed E-state index contributed by atoms with van der Waals surface area (Å²) in [5.74, 6) is -0.865. The molecule has 3 aromatic rings. The molecule has 0 radical (unpaired) electrons. The van der Waals surface area contributed by atoms with E-state index in [9.17, 15) is 9.59 Å². The van der Waals surface area contributed by atoms with Crippen molar-refractivity contribution in [2.45, 2.75) is 6.92 Å². The minimum absolute atomic E-state index is 0.116. The van der Waals surface area contributed by atoms with Crippen LogP contribution in [0.4, 0.5) is 0 Å². The zero-order chi connectivity index (χ0) is 14.8. The number of hydrogen-bond donors (Lipinski definition) is 2. The molecular formula is C14H12N4O3. The molecule has 0 aliphatic carbocycles. The van der Waals surface area contributed by atoms with Crippen molar-refractivity contribution >= 4 is 17.5 Å². The second-order valence-electron chi connectivity index (χ2n) is 4.36. The Hall–Kier alpha value is -3.09. The van der Waals surface area contributed by atoms with Crippen LogP contribution in [0.3, 0.4) is 0 Å². The maximum Gasteiger partial charge on any atom is 0.305 e. The highest BCUT2D eigenvalue weighted by molar-refractivity contribution is 5.98. The molecule has 21 heavy (non-hydrogen) atoms. The molecule has 0 unspecified atom stereocenters. The van der Waals surface area contributed by atoms with Crippen molar-refractivity contribution < 1.29 is 14.0 Å². The number of carbonyl (C=O) groups excluding carboxylic acids is 2. The summed E-state index contributed by atoms with van der Waals surface area (Å²) in [6.07, 6.45) is 3.12. The fourth-order valence-corrected chi connectivity index (χ4v) is 2.03. The Labute approximate surface area is 119 Å². The van der Waals surface area contributed by atoms with E-state index in [4.69, 9.17) is 4.42 Å². The highest BCUT2D eigenvalue weighted by Gasteiger charge is 2.17. The summed E-state index contributed by atoms with van der Waals surface area (Å²) in [5.41, 5.74) is 6.24. The smallest absolute Gasteiger partial charge is 0.305 e. The average molecular weight is 284 g/mol. The van der Waals surface area contributed by atoms with Gasteiger partial charge in [-0.05, 0) is 31.2 Å². The van der Waals surface area contributed by atoms with Gasteiger partial charge in [0.15, 0.2) is 5.76 Å². The lowest BCUT2D eigenvalue weighted by Crippen LogP contribution is -2.42. The molecule has 106 valence electrons. The van der Waals surface area contributed by atoms with E-state index >= 15 is 0 Å². The first kappa shape index (κ1) is 12.9. The van der Waals surface area contributed by atoms with Crippen molar-refractivity contribution in [1.29, 1.82) is 0 Å². The largest absolute Gasteiger partial charge is 0.459 e. The molecule has 0 aromatic carbocycles. The molecule has 3 aromatic heterocycles. The maximum absolute atomic E-state index is 12.2. The molecule has 0 aliphatic heterocycles. The maximum atomic E-state index is 12.2. The first-order valence-corrected chi connectivity index (χ1v) is 6.24. The topological polar surface area (TPSA) is 88.6 Å². The van der Waals surface area contributed by atoms with Crippen molar-refractivity contribution in [3.8, 4) is 0 Å². The number of pyridine rings is 1. The Morgan fingerprint density at radius 2 is 1.95 bits per heavy atom. The molecule has 0 saturated heterocycles. The zero-order valence-corrected chi connectivity index (χ0v) is 11.2. The van der Waals surface area contributed by atoms with Crippen LogP contribution in [0.1, 0.15) is 26.7 Å². The Morgan fingerprint density at radius 1 is 1.14 bits per heavy atom. The van der Waals surface area contributed by atoms with Crippen LogP contribution >= 0.6 is 0 Å². The molecule has 2 amide bonds. The Balaban J connectivity index is 1.78. The minimum Gasteiger partial charge on any atom is -0.459 e. The minimum atomic E-state index is -0.528. The van der Waals surface area contributed by atoms with Crippen LogP contribution < -0.4 is 10.9 Å². The van der Waals surface area contributed by atoms with Crippen LogP contribution in [0.2, 0.25) is 0 Å². The van der Waals surface area contributed by atoms with Crippen LogP contribution in [0.15, 0.2) is 47.2 Å². The second kappa shape index (κ2) is 5.12. The summed E-state index contributed by atoms with van der Waals surface area (Å²) in [4.78, 5) is 28.2. The Kier molecular flexibility index (Phi) is 3.15. The lowest BCUT2D eigenvalue weighted by atomic mass is 10.3. The quantitative estimate of drug-likeness (QED) is 0.694. The van der Waals surface area contributed by atoms with Crippen LogP contribution in [0, 0.1) is 6.92 Å². The number of imidazole rings is 1. The highest BCUT2D eigenvalue weighted by Crippen LogP contribution is 2.11. The van der Waals surface area contributed by atoms with E-state index in [1.165, 1.54) is 12.3 Å². The highest BCUT2D eigenvalue weighted by atomic mass is 16.3. The van der Waals surface area contributed by atoms with E-state index < -0.39 is 11.8 Å². The van der Waals surface area contributed by atoms with Gasteiger partial charge in [0, 0.05) is 6.20 Å². The zero-order valence-electron chi connectivity index (χ0n) is 11.2. The Bertz CT molecular complexity index is 805. The van der Waals surface area contributed by atoms with E-state index in [0.29, 0.717) is 17.0 Å². The molecule has 0 aliphatic rings. The second-order valence-corrected chi connectivity index (χ2v) is 4.36. The van der Waals surface area contributed by atoms with Gasteiger partial charge in [-0.1, -0.05) is 6.07 Å². The van der Waals surface area contributed by atoms with Crippen molar-refractivity contribution in [2.24, 2.45) is 0 Å². The van der Waals surface area contributed by atoms with Gasteiger partial charge in [0.2, 0.25) is 0 Å². The number of carbonyl (C=O) groups is 2. The van der Waals surface area contributed by atoms with Crippen LogP contribution in [-0.4, -0.2) is 21.2 Å². The van der Waals surface area contributed by atoms with Crippen molar-refractivity contribution in [3.05, 3.63) is 59.9 Å². The predicted molar refractivity (Wildman–Crippen MR) is 73.6 cm³/mol. The average Bonchev–Trinajstić information content (AvgIpc) is 3.10. The molecule has 7 heteroatoms. The van der Waals surface area contributed by atoms with Gasteiger partial charge in [-0.25, -0.2) is 4.98 Å². The number of amides is 2. The summed E-state index contributed by atoms with van der Waals surface area (Å²) in [6, 6.07) is 8.52. The number of furan rings is 1. The molecule has 2 N–H and O–H groups in total. The standard InChI is InChI=1S/C14H12N4O3/c1-9-12(18-7-3-2-6-11(18)15-9)14(20)17-16-13(19)10-5-4-8-21-10/h2-8H,1H3,(H,16,19)(H,17,20). The first-order chi connectivity index (χ1) is 10.2. The molecular weight excluding hydrogens is 272 g/mol. The van der Waals surface area contributed by atoms with Gasteiger partial charge in [-0.3, -0.25) is 24.8 Å². The number of fused-ring (bicyclic) bond motifs is 1. The molecule has 3 rings (SSSR count). The molecule has 0 fully saturated rings. The first-order valence-electron chi connectivity index (χ1n) is 6.24. The van der Waals surface area contributed by atoms with E-state index in [-0.39, 0.29) is 5.76 Å². The van der Waals surface area contributed by atoms with Crippen LogP contribution in [-0.2, 0) is 0 Å². The van der Waals surface area contributed by atoms with Gasteiger partial charge in [0.25, 0.3) is 5.91 Å². The number of rotatable bonds is 2. The number of hydrogen-bond acceptors (Lipinski definition) is 4. The predicted octanol–water partition coefficient (Wildman–Crippen LogP) is 1.31. The molecule has 0 spiro atoms. The number of nitrogens with one attached hydrogen (secondary N) is 2. The lowest BCUT2D eigenvalue weighted by Gasteiger charge is -2.06. The lowest BCUT2D eigenvalue weighted by molar-refractivity contribution is 0.0827. The summed E-state index contributed by atoms with van der Waals surface area (Å²) in [5, 5.41) is 0. The van der Waals surface area contributed by atoms with Crippen molar-refractivity contribution in [3.63, 3.8) is 0 Å². The summed E-state index contributed by atoms with van der Waals surface area (Å²) in [7, 11) is 0. The molecule has 0 bridgehead atoms. The fraction of sp³-hybridized carbons (Fsp3) is 0.0714. The fourth-order valence-electron chi connectivity index (χ4n) is 2.03. The number of hydrazine groups is 1. The van der Waals surface area contributed by atoms with Gasteiger partial charge in [0.05, 0.1) is 12.0 Å². The van der Waals surface area contributed by atoms with Crippen LogP contribution in [0.5, 0.6) is 0 Å². The van der Waals surface area contributed by atoms with E-state index in [2.05, 4.69) is 15.8 Å². The number of aryl methyl sites for hydroxylation is 1. The van der Waals surface area contributed by atoms with Gasteiger partial charge in [-0.15, -0.1) is 0 Å².